The van der Waals surface area contributed by atoms with Crippen LogP contribution in [0.2, 0.25) is 0 Å². The minimum atomic E-state index is -0.523. The lowest BCUT2D eigenvalue weighted by Gasteiger charge is -2.23. The third kappa shape index (κ3) is 4.51. The molecular weight excluding hydrogens is 356 g/mol. The number of likely N-dealkylation sites (tertiary alicyclic amines) is 1. The highest BCUT2D eigenvalue weighted by Gasteiger charge is 2.30. The van der Waals surface area contributed by atoms with Crippen LogP contribution in [0.15, 0.2) is 40.3 Å². The van der Waals surface area contributed by atoms with Crippen molar-refractivity contribution in [3.05, 3.63) is 46.5 Å². The van der Waals surface area contributed by atoms with Gasteiger partial charge in [0, 0.05) is 18.0 Å². The van der Waals surface area contributed by atoms with E-state index in [1.807, 2.05) is 17.5 Å². The fourth-order valence-corrected chi connectivity index (χ4v) is 3.79. The minimum absolute atomic E-state index is 0.00587. The molecule has 0 saturated carbocycles. The van der Waals surface area contributed by atoms with Gasteiger partial charge < -0.3 is 19.4 Å². The van der Waals surface area contributed by atoms with Crippen LogP contribution in [0, 0.1) is 0 Å². The SMILES string of the molecule is O=C(CCNC(=O)c1ccco1)OCC(=O)N1CCCC1c1cccs1. The summed E-state index contributed by atoms with van der Waals surface area (Å²) in [6.45, 7) is 0.527. The van der Waals surface area contributed by atoms with Crippen LogP contribution in [0.4, 0.5) is 0 Å². The lowest BCUT2D eigenvalue weighted by Crippen LogP contribution is -2.34. The minimum Gasteiger partial charge on any atom is -0.459 e. The topological polar surface area (TPSA) is 88.9 Å². The van der Waals surface area contributed by atoms with Gasteiger partial charge in [-0.15, -0.1) is 11.3 Å². The molecule has 0 spiro atoms. The average Bonchev–Trinajstić information content (AvgIpc) is 3.40. The molecule has 2 aromatic heterocycles. The van der Waals surface area contributed by atoms with Gasteiger partial charge in [-0.1, -0.05) is 6.07 Å². The predicted molar refractivity (Wildman–Crippen MR) is 94.6 cm³/mol. The first-order valence-electron chi connectivity index (χ1n) is 8.45. The van der Waals surface area contributed by atoms with E-state index in [1.165, 1.54) is 12.3 Å². The lowest BCUT2D eigenvalue weighted by atomic mass is 10.2. The first kappa shape index (κ1) is 18.2. The number of thiophene rings is 1. The number of hydrogen-bond donors (Lipinski definition) is 1. The van der Waals surface area contributed by atoms with Crippen LogP contribution in [-0.4, -0.2) is 42.4 Å². The number of nitrogens with zero attached hydrogens (tertiary/aromatic N) is 1. The molecular formula is C18H20N2O5S. The van der Waals surface area contributed by atoms with E-state index < -0.39 is 11.9 Å². The number of furan rings is 1. The normalized spacial score (nSPS) is 16.5. The summed E-state index contributed by atoms with van der Waals surface area (Å²) in [5.41, 5.74) is 0. The fourth-order valence-electron chi connectivity index (χ4n) is 2.91. The molecule has 138 valence electrons. The number of amides is 2. The van der Waals surface area contributed by atoms with Crippen molar-refractivity contribution < 1.29 is 23.5 Å². The largest absolute Gasteiger partial charge is 0.459 e. The molecule has 7 nitrogen and oxygen atoms in total. The number of esters is 1. The smallest absolute Gasteiger partial charge is 0.308 e. The van der Waals surface area contributed by atoms with E-state index in [-0.39, 0.29) is 37.3 Å². The highest BCUT2D eigenvalue weighted by atomic mass is 32.1. The summed E-state index contributed by atoms with van der Waals surface area (Å²) in [7, 11) is 0. The summed E-state index contributed by atoms with van der Waals surface area (Å²) in [5.74, 6) is -0.921. The van der Waals surface area contributed by atoms with Crippen LogP contribution in [0.5, 0.6) is 0 Å². The van der Waals surface area contributed by atoms with Crippen LogP contribution in [0.3, 0.4) is 0 Å². The number of carbonyl (C=O) groups excluding carboxylic acids is 3. The quantitative estimate of drug-likeness (QED) is 0.750. The molecule has 1 aliphatic heterocycles. The van der Waals surface area contributed by atoms with Crippen LogP contribution in [0.1, 0.15) is 40.7 Å². The molecule has 0 aromatic carbocycles. The van der Waals surface area contributed by atoms with E-state index in [0.717, 1.165) is 17.7 Å². The molecule has 2 aromatic rings. The maximum Gasteiger partial charge on any atom is 0.308 e. The van der Waals surface area contributed by atoms with Crippen molar-refractivity contribution >= 4 is 29.1 Å². The maximum absolute atomic E-state index is 12.4. The predicted octanol–water partition coefficient (Wildman–Crippen LogP) is 2.37. The van der Waals surface area contributed by atoms with Gasteiger partial charge in [-0.2, -0.15) is 0 Å². The van der Waals surface area contributed by atoms with Crippen LogP contribution < -0.4 is 5.32 Å². The second-order valence-corrected chi connectivity index (χ2v) is 6.88. The van der Waals surface area contributed by atoms with Gasteiger partial charge in [0.05, 0.1) is 18.7 Å². The van der Waals surface area contributed by atoms with Crippen molar-refractivity contribution in [3.63, 3.8) is 0 Å². The van der Waals surface area contributed by atoms with Gasteiger partial charge in [-0.05, 0) is 36.4 Å². The molecule has 8 heteroatoms. The third-order valence-corrected chi connectivity index (χ3v) is 5.13. The van der Waals surface area contributed by atoms with Crippen LogP contribution in [-0.2, 0) is 14.3 Å². The van der Waals surface area contributed by atoms with E-state index in [1.54, 1.807) is 22.3 Å². The van der Waals surface area contributed by atoms with Crippen LogP contribution >= 0.6 is 11.3 Å². The zero-order valence-corrected chi connectivity index (χ0v) is 15.0. The Morgan fingerprint density at radius 3 is 2.92 bits per heavy atom. The van der Waals surface area contributed by atoms with Crippen molar-refractivity contribution in [3.8, 4) is 0 Å². The lowest BCUT2D eigenvalue weighted by molar-refractivity contribution is -0.152. The highest BCUT2D eigenvalue weighted by molar-refractivity contribution is 7.10. The van der Waals surface area contributed by atoms with Gasteiger partial charge >= 0.3 is 5.97 Å². The van der Waals surface area contributed by atoms with E-state index >= 15 is 0 Å². The highest BCUT2D eigenvalue weighted by Crippen LogP contribution is 2.34. The second kappa shape index (κ2) is 8.66. The Kier molecular flexibility index (Phi) is 6.06. The summed E-state index contributed by atoms with van der Waals surface area (Å²) in [6, 6.07) is 7.21. The Bertz CT molecular complexity index is 742. The van der Waals surface area contributed by atoms with Gasteiger partial charge in [0.2, 0.25) is 0 Å². The Morgan fingerprint density at radius 1 is 1.31 bits per heavy atom. The second-order valence-electron chi connectivity index (χ2n) is 5.90. The van der Waals surface area contributed by atoms with Crippen molar-refractivity contribution in [2.75, 3.05) is 19.7 Å². The number of nitrogens with one attached hydrogen (secondary N) is 1. The molecule has 2 amide bonds. The molecule has 1 saturated heterocycles. The molecule has 26 heavy (non-hydrogen) atoms. The van der Waals surface area contributed by atoms with Gasteiger partial charge in [0.15, 0.2) is 12.4 Å². The summed E-state index contributed by atoms with van der Waals surface area (Å²) in [5, 5.41) is 4.55. The Labute approximate surface area is 154 Å². The number of carbonyl (C=O) groups is 3. The zero-order valence-electron chi connectivity index (χ0n) is 14.2. The first-order valence-corrected chi connectivity index (χ1v) is 9.33. The zero-order chi connectivity index (χ0) is 18.4. The summed E-state index contributed by atoms with van der Waals surface area (Å²) < 4.78 is 10.0. The van der Waals surface area contributed by atoms with Crippen molar-refractivity contribution in [1.29, 1.82) is 0 Å². The standard InChI is InChI=1S/C18H20N2O5S/c21-16(20-9-1-4-13(20)15-6-3-11-26-15)12-25-17(22)7-8-19-18(23)14-5-2-10-24-14/h2-3,5-6,10-11,13H,1,4,7-9,12H2,(H,19,23). The molecule has 0 bridgehead atoms. The van der Waals surface area contributed by atoms with Gasteiger partial charge in [0.1, 0.15) is 0 Å². The van der Waals surface area contributed by atoms with E-state index in [4.69, 9.17) is 9.15 Å². The Balaban J connectivity index is 1.38. The molecule has 0 aliphatic carbocycles. The molecule has 3 heterocycles. The van der Waals surface area contributed by atoms with Gasteiger partial charge in [-0.3, -0.25) is 14.4 Å². The van der Waals surface area contributed by atoms with E-state index in [2.05, 4.69) is 5.32 Å². The number of ether oxygens (including phenoxy) is 1. The summed E-state index contributed by atoms with van der Waals surface area (Å²) in [4.78, 5) is 38.7. The summed E-state index contributed by atoms with van der Waals surface area (Å²) >= 11 is 1.63. The van der Waals surface area contributed by atoms with E-state index in [0.29, 0.717) is 6.54 Å². The molecule has 3 rings (SSSR count). The summed E-state index contributed by atoms with van der Waals surface area (Å²) in [6.07, 6.45) is 3.27. The third-order valence-electron chi connectivity index (χ3n) is 4.16. The fraction of sp³-hybridized carbons (Fsp3) is 0.389. The molecule has 1 aliphatic rings. The first-order chi connectivity index (χ1) is 12.6. The van der Waals surface area contributed by atoms with Crippen molar-refractivity contribution in [1.82, 2.24) is 10.2 Å². The molecule has 1 fully saturated rings. The van der Waals surface area contributed by atoms with Gasteiger partial charge in [0.25, 0.3) is 11.8 Å². The number of rotatable bonds is 7. The molecule has 0 radical (unpaired) electrons. The molecule has 1 unspecified atom stereocenters. The Hall–Kier alpha value is -2.61. The average molecular weight is 376 g/mol. The van der Waals surface area contributed by atoms with Gasteiger partial charge in [-0.25, -0.2) is 0 Å². The number of hydrogen-bond acceptors (Lipinski definition) is 6. The van der Waals surface area contributed by atoms with E-state index in [9.17, 15) is 14.4 Å². The van der Waals surface area contributed by atoms with Crippen LogP contribution in [0.25, 0.3) is 0 Å². The maximum atomic E-state index is 12.4. The van der Waals surface area contributed by atoms with Crippen molar-refractivity contribution in [2.24, 2.45) is 0 Å². The molecule has 1 atom stereocenters. The Morgan fingerprint density at radius 2 is 2.19 bits per heavy atom. The van der Waals surface area contributed by atoms with Crippen molar-refractivity contribution in [2.45, 2.75) is 25.3 Å². The molecule has 1 N–H and O–H groups in total. The monoisotopic (exact) mass is 376 g/mol.